The summed E-state index contributed by atoms with van der Waals surface area (Å²) in [5.41, 5.74) is -0.178. The molecule has 0 aliphatic rings. The first-order valence-corrected chi connectivity index (χ1v) is 7.14. The van der Waals surface area contributed by atoms with Crippen molar-refractivity contribution in [1.29, 1.82) is 0 Å². The molecule has 1 aromatic carbocycles. The highest BCUT2D eigenvalue weighted by Crippen LogP contribution is 2.25. The summed E-state index contributed by atoms with van der Waals surface area (Å²) >= 11 is 0. The van der Waals surface area contributed by atoms with E-state index in [2.05, 4.69) is 0 Å². The number of aliphatic hydroxyl groups is 1. The fraction of sp³-hybridized carbons (Fsp3) is 0.562. The van der Waals surface area contributed by atoms with Gasteiger partial charge >= 0.3 is 6.09 Å². The van der Waals surface area contributed by atoms with E-state index in [0.717, 1.165) is 0 Å². The van der Waals surface area contributed by atoms with Crippen molar-refractivity contribution >= 4 is 6.09 Å². The van der Waals surface area contributed by atoms with E-state index in [1.165, 1.54) is 30.0 Å². The summed E-state index contributed by atoms with van der Waals surface area (Å²) < 4.78 is 23.9. The zero-order chi connectivity index (χ0) is 16.9. The molecule has 0 heterocycles. The van der Waals surface area contributed by atoms with Crippen molar-refractivity contribution in [2.24, 2.45) is 0 Å². The van der Waals surface area contributed by atoms with Crippen LogP contribution in [0.4, 0.5) is 9.18 Å². The van der Waals surface area contributed by atoms with Gasteiger partial charge in [0.2, 0.25) is 0 Å². The van der Waals surface area contributed by atoms with Gasteiger partial charge in [0.25, 0.3) is 0 Å². The van der Waals surface area contributed by atoms with Crippen LogP contribution < -0.4 is 4.74 Å². The Labute approximate surface area is 130 Å². The van der Waals surface area contributed by atoms with Crippen LogP contribution in [0, 0.1) is 5.82 Å². The van der Waals surface area contributed by atoms with E-state index >= 15 is 0 Å². The molecule has 5 nitrogen and oxygen atoms in total. The third-order valence-corrected chi connectivity index (χ3v) is 2.81. The van der Waals surface area contributed by atoms with Gasteiger partial charge in [-0.3, -0.25) is 0 Å². The SMILES string of the molecule is CC(O)c1cc(F)ccc1OCCN(C)C(=O)OC(C)(C)C. The zero-order valence-electron chi connectivity index (χ0n) is 13.7. The van der Waals surface area contributed by atoms with Crippen LogP contribution in [-0.2, 0) is 4.74 Å². The number of hydrogen-bond donors (Lipinski definition) is 1. The molecular weight excluding hydrogens is 289 g/mol. The van der Waals surface area contributed by atoms with Crippen molar-refractivity contribution in [2.75, 3.05) is 20.2 Å². The summed E-state index contributed by atoms with van der Waals surface area (Å²) in [7, 11) is 1.61. The van der Waals surface area contributed by atoms with E-state index in [0.29, 0.717) is 17.9 Å². The zero-order valence-corrected chi connectivity index (χ0v) is 13.7. The predicted octanol–water partition coefficient (Wildman–Crippen LogP) is 3.12. The van der Waals surface area contributed by atoms with E-state index in [1.54, 1.807) is 27.8 Å². The molecule has 1 atom stereocenters. The van der Waals surface area contributed by atoms with Gasteiger partial charge in [0.15, 0.2) is 0 Å². The first kappa shape index (κ1) is 18.2. The van der Waals surface area contributed by atoms with E-state index in [1.807, 2.05) is 0 Å². The average molecular weight is 313 g/mol. The lowest BCUT2D eigenvalue weighted by Crippen LogP contribution is -2.36. The Morgan fingerprint density at radius 3 is 2.59 bits per heavy atom. The van der Waals surface area contributed by atoms with Crippen LogP contribution in [0.5, 0.6) is 5.75 Å². The number of carbonyl (C=O) groups is 1. The lowest BCUT2D eigenvalue weighted by molar-refractivity contribution is 0.0277. The topological polar surface area (TPSA) is 59.0 Å². The molecule has 0 aromatic heterocycles. The van der Waals surface area contributed by atoms with Gasteiger partial charge in [0.1, 0.15) is 23.8 Å². The second-order valence-corrected chi connectivity index (χ2v) is 6.11. The number of hydrogen-bond acceptors (Lipinski definition) is 4. The lowest BCUT2D eigenvalue weighted by atomic mass is 10.1. The Bertz CT molecular complexity index is 511. The van der Waals surface area contributed by atoms with E-state index < -0.39 is 23.6 Å². The molecule has 0 bridgehead atoms. The van der Waals surface area contributed by atoms with Crippen LogP contribution in [0.25, 0.3) is 0 Å². The molecule has 0 saturated carbocycles. The summed E-state index contributed by atoms with van der Waals surface area (Å²) in [4.78, 5) is 13.2. The number of halogens is 1. The predicted molar refractivity (Wildman–Crippen MR) is 81.4 cm³/mol. The monoisotopic (exact) mass is 313 g/mol. The average Bonchev–Trinajstić information content (AvgIpc) is 2.38. The van der Waals surface area contributed by atoms with Gasteiger partial charge in [0, 0.05) is 12.6 Å². The molecule has 1 rings (SSSR count). The maximum absolute atomic E-state index is 13.2. The van der Waals surface area contributed by atoms with E-state index in [-0.39, 0.29) is 6.61 Å². The van der Waals surface area contributed by atoms with Gasteiger partial charge in [-0.15, -0.1) is 0 Å². The molecular formula is C16H24FNO4. The van der Waals surface area contributed by atoms with Crippen molar-refractivity contribution in [3.63, 3.8) is 0 Å². The lowest BCUT2D eigenvalue weighted by Gasteiger charge is -2.24. The van der Waals surface area contributed by atoms with E-state index in [9.17, 15) is 14.3 Å². The number of rotatable bonds is 5. The van der Waals surface area contributed by atoms with Crippen LogP contribution in [-0.4, -0.2) is 41.9 Å². The Morgan fingerprint density at radius 2 is 2.05 bits per heavy atom. The molecule has 0 aliphatic heterocycles. The fourth-order valence-electron chi connectivity index (χ4n) is 1.70. The van der Waals surface area contributed by atoms with Crippen molar-refractivity contribution in [1.82, 2.24) is 4.90 Å². The number of carbonyl (C=O) groups excluding carboxylic acids is 1. The molecule has 1 unspecified atom stereocenters. The Kier molecular flexibility index (Phi) is 6.17. The number of benzene rings is 1. The molecule has 0 spiro atoms. The van der Waals surface area contributed by atoms with Gasteiger partial charge < -0.3 is 19.5 Å². The molecule has 1 amide bonds. The molecule has 0 radical (unpaired) electrons. The highest BCUT2D eigenvalue weighted by Gasteiger charge is 2.19. The van der Waals surface area contributed by atoms with Gasteiger partial charge in [-0.25, -0.2) is 9.18 Å². The second kappa shape index (κ2) is 7.45. The largest absolute Gasteiger partial charge is 0.491 e. The Hall–Kier alpha value is -1.82. The summed E-state index contributed by atoms with van der Waals surface area (Å²) in [5.74, 6) is -0.0388. The number of amides is 1. The van der Waals surface area contributed by atoms with Crippen LogP contribution in [0.2, 0.25) is 0 Å². The summed E-state index contributed by atoms with van der Waals surface area (Å²) in [6, 6.07) is 3.96. The van der Waals surface area contributed by atoms with Gasteiger partial charge in [-0.1, -0.05) is 0 Å². The molecule has 6 heteroatoms. The maximum atomic E-state index is 13.2. The van der Waals surface area contributed by atoms with Gasteiger partial charge in [-0.2, -0.15) is 0 Å². The highest BCUT2D eigenvalue weighted by molar-refractivity contribution is 5.67. The smallest absolute Gasteiger partial charge is 0.410 e. The molecule has 124 valence electrons. The van der Waals surface area contributed by atoms with E-state index in [4.69, 9.17) is 9.47 Å². The number of ether oxygens (including phenoxy) is 2. The summed E-state index contributed by atoms with van der Waals surface area (Å²) in [6.45, 7) is 7.44. The molecule has 0 aliphatic carbocycles. The number of aliphatic hydroxyl groups excluding tert-OH is 1. The van der Waals surface area contributed by atoms with Crippen LogP contribution in [0.15, 0.2) is 18.2 Å². The van der Waals surface area contributed by atoms with Crippen LogP contribution in [0.3, 0.4) is 0 Å². The minimum Gasteiger partial charge on any atom is -0.491 e. The number of nitrogens with zero attached hydrogens (tertiary/aromatic N) is 1. The Balaban J connectivity index is 2.56. The van der Waals surface area contributed by atoms with Crippen LogP contribution in [0.1, 0.15) is 39.4 Å². The second-order valence-electron chi connectivity index (χ2n) is 6.11. The minimum atomic E-state index is -0.839. The highest BCUT2D eigenvalue weighted by atomic mass is 19.1. The first-order valence-electron chi connectivity index (χ1n) is 7.14. The summed E-state index contributed by atoms with van der Waals surface area (Å²) in [6.07, 6.45) is -1.28. The molecule has 0 fully saturated rings. The van der Waals surface area contributed by atoms with Crippen molar-refractivity contribution < 1.29 is 23.8 Å². The fourth-order valence-corrected chi connectivity index (χ4v) is 1.70. The van der Waals surface area contributed by atoms with Crippen molar-refractivity contribution in [3.05, 3.63) is 29.6 Å². The molecule has 22 heavy (non-hydrogen) atoms. The first-order chi connectivity index (χ1) is 10.1. The third-order valence-electron chi connectivity index (χ3n) is 2.81. The maximum Gasteiger partial charge on any atom is 0.410 e. The standard InChI is InChI=1S/C16H24FNO4/c1-11(19)13-10-12(17)6-7-14(13)21-9-8-18(5)15(20)22-16(2,3)4/h6-7,10-11,19H,8-9H2,1-5H3. The molecule has 1 aromatic rings. The normalized spacial score (nSPS) is 12.7. The Morgan fingerprint density at radius 1 is 1.41 bits per heavy atom. The molecule has 0 saturated heterocycles. The minimum absolute atomic E-state index is 0.209. The van der Waals surface area contributed by atoms with Crippen LogP contribution >= 0.6 is 0 Å². The molecule has 1 N–H and O–H groups in total. The van der Waals surface area contributed by atoms with Crippen molar-refractivity contribution in [3.8, 4) is 5.75 Å². The summed E-state index contributed by atoms with van der Waals surface area (Å²) in [5, 5.41) is 9.62. The van der Waals surface area contributed by atoms with Crippen molar-refractivity contribution in [2.45, 2.75) is 39.4 Å². The third kappa shape index (κ3) is 5.89. The number of likely N-dealkylation sites (N-methyl/N-ethyl adjacent to an activating group) is 1. The quantitative estimate of drug-likeness (QED) is 0.907. The van der Waals surface area contributed by atoms with Gasteiger partial charge in [-0.05, 0) is 45.9 Å². The van der Waals surface area contributed by atoms with Gasteiger partial charge in [0.05, 0.1) is 12.6 Å².